The monoisotopic (exact) mass is 319 g/mol. The molecule has 0 amide bonds. The van der Waals surface area contributed by atoms with E-state index >= 15 is 0 Å². The minimum atomic E-state index is -3.39. The molecule has 1 saturated heterocycles. The Morgan fingerprint density at radius 3 is 2.57 bits per heavy atom. The Hall–Kier alpha value is -0.210. The van der Waals surface area contributed by atoms with Gasteiger partial charge in [0.25, 0.3) is 10.2 Å². The van der Waals surface area contributed by atoms with Crippen LogP contribution in [0.2, 0.25) is 0 Å². The molecule has 0 spiro atoms. The predicted molar refractivity (Wildman–Crippen MR) is 83.4 cm³/mol. The van der Waals surface area contributed by atoms with E-state index in [1.54, 1.807) is 4.31 Å². The van der Waals surface area contributed by atoms with Crippen molar-refractivity contribution in [2.75, 3.05) is 33.3 Å². The minimum absolute atomic E-state index is 0.0667. The molecule has 7 heteroatoms. The maximum atomic E-state index is 12.4. The standard InChI is InChI=1S/C14H29N3O3S/c1-15-12-13-6-4-5-10-17(13)21(18,19)16-9-11-20-14-7-2-3-8-14/h13-16H,2-12H2,1H3. The van der Waals surface area contributed by atoms with Crippen LogP contribution in [0.1, 0.15) is 44.9 Å². The first-order chi connectivity index (χ1) is 10.1. The van der Waals surface area contributed by atoms with E-state index < -0.39 is 10.2 Å². The minimum Gasteiger partial charge on any atom is -0.377 e. The van der Waals surface area contributed by atoms with E-state index in [2.05, 4.69) is 10.0 Å². The van der Waals surface area contributed by atoms with Gasteiger partial charge in [0.05, 0.1) is 12.7 Å². The van der Waals surface area contributed by atoms with Gasteiger partial charge in [-0.2, -0.15) is 17.4 Å². The zero-order valence-electron chi connectivity index (χ0n) is 13.0. The zero-order chi connectivity index (χ0) is 15.1. The summed E-state index contributed by atoms with van der Waals surface area (Å²) in [4.78, 5) is 0. The summed E-state index contributed by atoms with van der Waals surface area (Å²) in [6, 6.07) is 0.0667. The third-order valence-corrected chi connectivity index (χ3v) is 6.03. The Kier molecular flexibility index (Phi) is 6.88. The van der Waals surface area contributed by atoms with Gasteiger partial charge in [0, 0.05) is 25.7 Å². The summed E-state index contributed by atoms with van der Waals surface area (Å²) in [6.45, 7) is 2.15. The Morgan fingerprint density at radius 1 is 1.14 bits per heavy atom. The summed E-state index contributed by atoms with van der Waals surface area (Å²) in [6.07, 6.45) is 8.00. The number of hydrogen-bond donors (Lipinski definition) is 2. The van der Waals surface area contributed by atoms with Crippen LogP contribution in [0.5, 0.6) is 0 Å². The molecule has 1 unspecified atom stereocenters. The Balaban J connectivity index is 1.76. The van der Waals surface area contributed by atoms with Crippen molar-refractivity contribution in [2.45, 2.75) is 57.1 Å². The predicted octanol–water partition coefficient (Wildman–Crippen LogP) is 0.854. The van der Waals surface area contributed by atoms with Crippen LogP contribution in [0.3, 0.4) is 0 Å². The van der Waals surface area contributed by atoms with Gasteiger partial charge in [-0.1, -0.05) is 19.3 Å². The average Bonchev–Trinajstić information content (AvgIpc) is 2.98. The smallest absolute Gasteiger partial charge is 0.279 e. The van der Waals surface area contributed by atoms with E-state index in [0.29, 0.717) is 32.3 Å². The fourth-order valence-electron chi connectivity index (χ4n) is 3.26. The normalized spacial score (nSPS) is 25.5. The van der Waals surface area contributed by atoms with Gasteiger partial charge in [-0.25, -0.2) is 0 Å². The SMILES string of the molecule is CNCC1CCCCN1S(=O)(=O)NCCOC1CCCC1. The van der Waals surface area contributed by atoms with Crippen LogP contribution >= 0.6 is 0 Å². The van der Waals surface area contributed by atoms with Crippen molar-refractivity contribution in [2.24, 2.45) is 0 Å². The number of nitrogens with zero attached hydrogens (tertiary/aromatic N) is 1. The first-order valence-electron chi connectivity index (χ1n) is 8.16. The largest absolute Gasteiger partial charge is 0.377 e. The molecular formula is C14H29N3O3S. The third-order valence-electron chi connectivity index (χ3n) is 4.36. The van der Waals surface area contributed by atoms with Gasteiger partial charge < -0.3 is 10.1 Å². The first-order valence-corrected chi connectivity index (χ1v) is 9.60. The molecule has 124 valence electrons. The molecule has 2 aliphatic rings. The molecule has 0 aromatic carbocycles. The summed E-state index contributed by atoms with van der Waals surface area (Å²) in [5.41, 5.74) is 0. The van der Waals surface area contributed by atoms with Crippen LogP contribution in [0.4, 0.5) is 0 Å². The van der Waals surface area contributed by atoms with Gasteiger partial charge in [0.15, 0.2) is 0 Å². The first kappa shape index (κ1) is 17.1. The fraction of sp³-hybridized carbons (Fsp3) is 1.00. The van der Waals surface area contributed by atoms with Crippen molar-refractivity contribution >= 4 is 10.2 Å². The van der Waals surface area contributed by atoms with E-state index in [1.165, 1.54) is 12.8 Å². The van der Waals surface area contributed by atoms with Crippen molar-refractivity contribution in [3.63, 3.8) is 0 Å². The van der Waals surface area contributed by atoms with Crippen LogP contribution in [-0.4, -0.2) is 58.2 Å². The number of hydrogen-bond acceptors (Lipinski definition) is 4. The van der Waals surface area contributed by atoms with Crippen LogP contribution in [0.15, 0.2) is 0 Å². The van der Waals surface area contributed by atoms with Gasteiger partial charge in [-0.05, 0) is 32.7 Å². The van der Waals surface area contributed by atoms with Crippen molar-refractivity contribution in [3.05, 3.63) is 0 Å². The average molecular weight is 319 g/mol. The lowest BCUT2D eigenvalue weighted by atomic mass is 10.1. The molecule has 1 atom stereocenters. The quantitative estimate of drug-likeness (QED) is 0.651. The van der Waals surface area contributed by atoms with E-state index in [0.717, 1.165) is 32.1 Å². The molecule has 6 nitrogen and oxygen atoms in total. The summed E-state index contributed by atoms with van der Waals surface area (Å²) in [5, 5.41) is 3.09. The maximum Gasteiger partial charge on any atom is 0.279 e. The van der Waals surface area contributed by atoms with Crippen LogP contribution < -0.4 is 10.0 Å². The Labute approximate surface area is 128 Å². The molecule has 0 bridgehead atoms. The Bertz CT molecular complexity index is 394. The summed E-state index contributed by atoms with van der Waals surface area (Å²) >= 11 is 0. The highest BCUT2D eigenvalue weighted by molar-refractivity contribution is 7.87. The second-order valence-corrected chi connectivity index (χ2v) is 7.70. The molecule has 1 aliphatic carbocycles. The van der Waals surface area contributed by atoms with Gasteiger partial charge in [0.1, 0.15) is 0 Å². The summed E-state index contributed by atoms with van der Waals surface area (Å²) < 4.78 is 34.8. The molecular weight excluding hydrogens is 290 g/mol. The van der Waals surface area contributed by atoms with Crippen molar-refractivity contribution in [1.82, 2.24) is 14.3 Å². The number of nitrogens with one attached hydrogen (secondary N) is 2. The highest BCUT2D eigenvalue weighted by Gasteiger charge is 2.31. The van der Waals surface area contributed by atoms with E-state index in [1.807, 2.05) is 7.05 Å². The van der Waals surface area contributed by atoms with Gasteiger partial charge in [0.2, 0.25) is 0 Å². The maximum absolute atomic E-state index is 12.4. The van der Waals surface area contributed by atoms with E-state index in [4.69, 9.17) is 4.74 Å². The molecule has 0 aromatic rings. The van der Waals surface area contributed by atoms with Crippen LogP contribution in [0.25, 0.3) is 0 Å². The number of ether oxygens (including phenoxy) is 1. The Morgan fingerprint density at radius 2 is 1.86 bits per heavy atom. The molecule has 1 heterocycles. The molecule has 21 heavy (non-hydrogen) atoms. The van der Waals surface area contributed by atoms with Crippen molar-refractivity contribution in [1.29, 1.82) is 0 Å². The number of piperidine rings is 1. The lowest BCUT2D eigenvalue weighted by Crippen LogP contribution is -2.52. The number of likely N-dealkylation sites (N-methyl/N-ethyl adjacent to an activating group) is 1. The molecule has 2 N–H and O–H groups in total. The second-order valence-electron chi connectivity index (χ2n) is 5.99. The molecule has 0 aromatic heterocycles. The van der Waals surface area contributed by atoms with Gasteiger partial charge in [-0.3, -0.25) is 0 Å². The highest BCUT2D eigenvalue weighted by Crippen LogP contribution is 2.21. The molecule has 0 radical (unpaired) electrons. The molecule has 2 rings (SSSR count). The van der Waals surface area contributed by atoms with Gasteiger partial charge in [-0.15, -0.1) is 0 Å². The topological polar surface area (TPSA) is 70.7 Å². The molecule has 1 saturated carbocycles. The molecule has 1 aliphatic heterocycles. The summed E-state index contributed by atoms with van der Waals surface area (Å²) in [5.74, 6) is 0. The lowest BCUT2D eigenvalue weighted by molar-refractivity contribution is 0.0623. The van der Waals surface area contributed by atoms with E-state index in [9.17, 15) is 8.42 Å². The molecule has 2 fully saturated rings. The van der Waals surface area contributed by atoms with Crippen molar-refractivity contribution < 1.29 is 13.2 Å². The van der Waals surface area contributed by atoms with E-state index in [-0.39, 0.29) is 6.04 Å². The van der Waals surface area contributed by atoms with Gasteiger partial charge >= 0.3 is 0 Å². The fourth-order valence-corrected chi connectivity index (χ4v) is 4.71. The number of rotatable bonds is 8. The van der Waals surface area contributed by atoms with Crippen molar-refractivity contribution in [3.8, 4) is 0 Å². The lowest BCUT2D eigenvalue weighted by Gasteiger charge is -2.34. The van der Waals surface area contributed by atoms with Crippen LogP contribution in [-0.2, 0) is 14.9 Å². The van der Waals surface area contributed by atoms with Crippen LogP contribution in [0, 0.1) is 0 Å². The second kappa shape index (κ2) is 8.43. The third kappa shape index (κ3) is 5.17. The highest BCUT2D eigenvalue weighted by atomic mass is 32.2. The summed E-state index contributed by atoms with van der Waals surface area (Å²) in [7, 11) is -1.52. The zero-order valence-corrected chi connectivity index (χ0v) is 13.8.